The minimum atomic E-state index is -0.873. The molecule has 0 unspecified atom stereocenters. The maximum absolute atomic E-state index is 13.3. The Balaban J connectivity index is 1.99. The van der Waals surface area contributed by atoms with Crippen molar-refractivity contribution in [3.63, 3.8) is 0 Å². The molecule has 1 aromatic carbocycles. The number of fused-ring (bicyclic) bond motifs is 1. The van der Waals surface area contributed by atoms with E-state index >= 15 is 0 Å². The van der Waals surface area contributed by atoms with Crippen molar-refractivity contribution in [2.75, 3.05) is 40.0 Å². The van der Waals surface area contributed by atoms with Crippen LogP contribution in [0.1, 0.15) is 20.3 Å². The number of carbonyl (C=O) groups excluding carboxylic acids is 2. The fraction of sp³-hybridized carbons (Fsp3) is 0.571. The lowest BCUT2D eigenvalue weighted by atomic mass is 9.99. The second kappa shape index (κ2) is 9.97. The Morgan fingerprint density at radius 2 is 1.97 bits per heavy atom. The number of rotatable bonds is 8. The lowest BCUT2D eigenvalue weighted by molar-refractivity contribution is -0.120. The summed E-state index contributed by atoms with van der Waals surface area (Å²) in [5, 5.41) is 2.64. The molecule has 2 aromatic rings. The Labute approximate surface area is 180 Å². The van der Waals surface area contributed by atoms with Gasteiger partial charge in [0.1, 0.15) is 17.3 Å². The Morgan fingerprint density at radius 3 is 2.58 bits per heavy atom. The summed E-state index contributed by atoms with van der Waals surface area (Å²) in [5.41, 5.74) is 5.95. The van der Waals surface area contributed by atoms with Crippen molar-refractivity contribution in [3.8, 4) is 5.75 Å². The summed E-state index contributed by atoms with van der Waals surface area (Å²) in [6.07, 6.45) is 0.651. The van der Waals surface area contributed by atoms with Crippen LogP contribution < -0.4 is 21.5 Å². The highest BCUT2D eigenvalue weighted by Gasteiger charge is 2.27. The molecule has 10 nitrogen and oxygen atoms in total. The third-order valence-electron chi connectivity index (χ3n) is 5.88. The van der Waals surface area contributed by atoms with Gasteiger partial charge in [-0.05, 0) is 18.1 Å². The summed E-state index contributed by atoms with van der Waals surface area (Å²) in [6, 6.07) is 3.60. The lowest BCUT2D eigenvalue weighted by Gasteiger charge is -2.26. The highest BCUT2D eigenvalue weighted by atomic mass is 16.5. The number of aromatic nitrogens is 2. The van der Waals surface area contributed by atoms with Gasteiger partial charge in [0.25, 0.3) is 0 Å². The number of hydrogen-bond donors (Lipinski definition) is 2. The molecular weight excluding hydrogens is 402 g/mol. The normalized spacial score (nSPS) is 16.7. The molecule has 0 bridgehead atoms. The van der Waals surface area contributed by atoms with E-state index in [-0.39, 0.29) is 5.92 Å². The number of nitrogens with zero attached hydrogens (tertiary/aromatic N) is 3. The molecule has 3 N–H and O–H groups in total. The average Bonchev–Trinajstić information content (AvgIpc) is 3.07. The van der Waals surface area contributed by atoms with Crippen LogP contribution in [-0.2, 0) is 16.1 Å². The van der Waals surface area contributed by atoms with Crippen LogP contribution in [0, 0.1) is 5.92 Å². The number of ether oxygens (including phenoxy) is 2. The summed E-state index contributed by atoms with van der Waals surface area (Å²) in [5.74, 6) is -0.303. The number of primary amides is 1. The number of hydrogen-bond acceptors (Lipinski definition) is 6. The number of benzene rings is 1. The van der Waals surface area contributed by atoms with E-state index in [2.05, 4.69) is 10.2 Å². The summed E-state index contributed by atoms with van der Waals surface area (Å²) in [7, 11) is 1.52. The zero-order valence-corrected chi connectivity index (χ0v) is 18.3. The summed E-state index contributed by atoms with van der Waals surface area (Å²) < 4.78 is 13.4. The molecule has 1 aromatic heterocycles. The SMILES string of the molecule is CC[C@H](C)[C@H](NC(=O)n1c(=O)n(CCN2CCOCC2)c2c(OC)cccc21)C(N)=O. The number of nitrogens with two attached hydrogens (primary N) is 1. The first kappa shape index (κ1) is 22.8. The Bertz CT molecular complexity index is 992. The van der Waals surface area contributed by atoms with Crippen LogP contribution in [0.15, 0.2) is 23.0 Å². The van der Waals surface area contributed by atoms with Gasteiger partial charge in [-0.2, -0.15) is 0 Å². The van der Waals surface area contributed by atoms with Gasteiger partial charge in [0.05, 0.1) is 25.8 Å². The van der Waals surface area contributed by atoms with Gasteiger partial charge in [-0.25, -0.2) is 14.2 Å². The first-order valence-corrected chi connectivity index (χ1v) is 10.6. The quantitative estimate of drug-likeness (QED) is 0.629. The molecule has 170 valence electrons. The van der Waals surface area contributed by atoms with Gasteiger partial charge in [0.15, 0.2) is 0 Å². The largest absolute Gasteiger partial charge is 0.494 e. The molecule has 0 radical (unpaired) electrons. The van der Waals surface area contributed by atoms with Crippen LogP contribution in [0.3, 0.4) is 0 Å². The van der Waals surface area contributed by atoms with E-state index in [1.165, 1.54) is 7.11 Å². The molecule has 1 fully saturated rings. The molecule has 2 amide bonds. The highest BCUT2D eigenvalue weighted by Crippen LogP contribution is 2.25. The van der Waals surface area contributed by atoms with Gasteiger partial charge in [-0.1, -0.05) is 26.3 Å². The number of morpholine rings is 1. The molecule has 1 aliphatic rings. The number of imidazole rings is 1. The monoisotopic (exact) mass is 433 g/mol. The number of carbonyl (C=O) groups is 2. The van der Waals surface area contributed by atoms with E-state index < -0.39 is 23.7 Å². The van der Waals surface area contributed by atoms with Crippen LogP contribution in [0.2, 0.25) is 0 Å². The van der Waals surface area contributed by atoms with E-state index in [9.17, 15) is 14.4 Å². The van der Waals surface area contributed by atoms with Gasteiger partial charge in [-0.15, -0.1) is 0 Å². The van der Waals surface area contributed by atoms with Gasteiger partial charge in [0.2, 0.25) is 5.91 Å². The zero-order chi connectivity index (χ0) is 22.5. The van der Waals surface area contributed by atoms with Crippen molar-refractivity contribution in [2.24, 2.45) is 11.7 Å². The third-order valence-corrected chi connectivity index (χ3v) is 5.88. The van der Waals surface area contributed by atoms with Crippen molar-refractivity contribution >= 4 is 23.0 Å². The van der Waals surface area contributed by atoms with Crippen LogP contribution in [0.25, 0.3) is 11.0 Å². The minimum absolute atomic E-state index is 0.165. The Morgan fingerprint density at radius 1 is 1.26 bits per heavy atom. The number of para-hydroxylation sites is 1. The predicted molar refractivity (Wildman–Crippen MR) is 116 cm³/mol. The number of amides is 2. The molecule has 1 saturated heterocycles. The maximum Gasteiger partial charge on any atom is 0.337 e. The molecule has 0 aliphatic carbocycles. The fourth-order valence-electron chi connectivity index (χ4n) is 3.84. The zero-order valence-electron chi connectivity index (χ0n) is 18.3. The fourth-order valence-corrected chi connectivity index (χ4v) is 3.84. The van der Waals surface area contributed by atoms with Crippen molar-refractivity contribution < 1.29 is 19.1 Å². The van der Waals surface area contributed by atoms with Crippen molar-refractivity contribution in [2.45, 2.75) is 32.9 Å². The predicted octanol–water partition coefficient (Wildman–Crippen LogP) is 0.602. The minimum Gasteiger partial charge on any atom is -0.494 e. The van der Waals surface area contributed by atoms with Crippen LogP contribution >= 0.6 is 0 Å². The molecule has 10 heteroatoms. The summed E-state index contributed by atoms with van der Waals surface area (Å²) >= 11 is 0. The number of methoxy groups -OCH3 is 1. The highest BCUT2D eigenvalue weighted by molar-refractivity contribution is 5.94. The molecule has 0 spiro atoms. The second-order valence-electron chi connectivity index (χ2n) is 7.77. The topological polar surface area (TPSA) is 121 Å². The van der Waals surface area contributed by atoms with E-state index in [0.29, 0.717) is 49.5 Å². The third kappa shape index (κ3) is 4.75. The molecule has 0 saturated carbocycles. The van der Waals surface area contributed by atoms with E-state index in [1.54, 1.807) is 22.8 Å². The van der Waals surface area contributed by atoms with Crippen LogP contribution in [0.4, 0.5) is 4.79 Å². The first-order chi connectivity index (χ1) is 14.9. The maximum atomic E-state index is 13.3. The molecule has 2 heterocycles. The van der Waals surface area contributed by atoms with Gasteiger partial charge in [0, 0.05) is 26.2 Å². The molecular formula is C21H31N5O5. The Kier molecular flexibility index (Phi) is 7.34. The van der Waals surface area contributed by atoms with Gasteiger partial charge in [-0.3, -0.25) is 14.3 Å². The summed E-state index contributed by atoms with van der Waals surface area (Å²) in [4.78, 5) is 40.5. The lowest BCUT2D eigenvalue weighted by Crippen LogP contribution is -2.51. The Hall–Kier alpha value is -2.85. The van der Waals surface area contributed by atoms with Crippen LogP contribution in [-0.4, -0.2) is 72.0 Å². The van der Waals surface area contributed by atoms with Gasteiger partial charge < -0.3 is 20.5 Å². The van der Waals surface area contributed by atoms with Crippen LogP contribution in [0.5, 0.6) is 5.75 Å². The van der Waals surface area contributed by atoms with E-state index in [1.807, 2.05) is 13.8 Å². The molecule has 2 atom stereocenters. The smallest absolute Gasteiger partial charge is 0.337 e. The van der Waals surface area contributed by atoms with Gasteiger partial charge >= 0.3 is 11.7 Å². The number of nitrogens with one attached hydrogen (secondary N) is 1. The standard InChI is InChI=1S/C21H31N5O5/c1-4-14(2)17(19(22)27)23-20(28)26-15-6-5-7-16(30-3)18(15)25(21(26)29)9-8-24-10-12-31-13-11-24/h5-7,14,17H,4,8-13H2,1-3H3,(H2,22,27)(H,23,28)/t14-,17-/m0/s1. The van der Waals surface area contributed by atoms with E-state index in [0.717, 1.165) is 17.7 Å². The van der Waals surface area contributed by atoms with Crippen molar-refractivity contribution in [1.29, 1.82) is 0 Å². The average molecular weight is 434 g/mol. The summed E-state index contributed by atoms with van der Waals surface area (Å²) in [6.45, 7) is 7.66. The molecule has 1 aliphatic heterocycles. The van der Waals surface area contributed by atoms with E-state index in [4.69, 9.17) is 15.2 Å². The second-order valence-corrected chi connectivity index (χ2v) is 7.77. The van der Waals surface area contributed by atoms with Crippen molar-refractivity contribution in [1.82, 2.24) is 19.4 Å². The molecule has 3 rings (SSSR count). The van der Waals surface area contributed by atoms with Crippen molar-refractivity contribution in [3.05, 3.63) is 28.7 Å². The molecule has 31 heavy (non-hydrogen) atoms. The first-order valence-electron chi connectivity index (χ1n) is 10.6.